The van der Waals surface area contributed by atoms with E-state index >= 15 is 0 Å². The number of aliphatic imine (C=N–C) groups is 1. The number of aryl methyl sites for hydroxylation is 2. The first kappa shape index (κ1) is 20.4. The van der Waals surface area contributed by atoms with Crippen molar-refractivity contribution >= 4 is 35.6 Å². The van der Waals surface area contributed by atoms with Crippen molar-refractivity contribution in [1.82, 2.24) is 0 Å². The minimum Gasteiger partial charge on any atom is -0.454 e. The molecule has 2 aliphatic rings. The summed E-state index contributed by atoms with van der Waals surface area (Å²) in [6.45, 7) is -2.85. The first-order valence-electron chi connectivity index (χ1n) is 8.64. The van der Waals surface area contributed by atoms with Crippen LogP contribution in [0, 0.1) is 0 Å². The number of nitrogens with two attached hydrogens (primary N) is 1. The van der Waals surface area contributed by atoms with Gasteiger partial charge in [-0.1, -0.05) is 6.07 Å². The number of alkyl halides is 2. The molecule has 1 heterocycles. The highest BCUT2D eigenvalue weighted by molar-refractivity contribution is 14.0. The lowest BCUT2D eigenvalue weighted by Gasteiger charge is -2.11. The van der Waals surface area contributed by atoms with Crippen molar-refractivity contribution < 1.29 is 23.0 Å². The molecule has 4 rings (SSSR count). The molecule has 0 atom stereocenters. The Balaban J connectivity index is 0.00000225. The van der Waals surface area contributed by atoms with Crippen molar-refractivity contribution in [3.63, 3.8) is 0 Å². The van der Waals surface area contributed by atoms with Crippen LogP contribution >= 0.6 is 24.0 Å². The van der Waals surface area contributed by atoms with Crippen LogP contribution in [-0.2, 0) is 19.4 Å². The summed E-state index contributed by atoms with van der Waals surface area (Å²) in [4.78, 5) is 4.24. The molecule has 1 aliphatic carbocycles. The van der Waals surface area contributed by atoms with Crippen molar-refractivity contribution in [1.29, 1.82) is 0 Å². The van der Waals surface area contributed by atoms with E-state index in [1.165, 1.54) is 23.6 Å². The summed E-state index contributed by atoms with van der Waals surface area (Å²) in [5.74, 6) is 1.01. The van der Waals surface area contributed by atoms with Crippen LogP contribution in [0.2, 0.25) is 0 Å². The molecule has 28 heavy (non-hydrogen) atoms. The van der Waals surface area contributed by atoms with Crippen molar-refractivity contribution in [3.8, 4) is 17.2 Å². The quantitative estimate of drug-likeness (QED) is 0.366. The monoisotopic (exact) mass is 503 g/mol. The van der Waals surface area contributed by atoms with Crippen LogP contribution in [0.25, 0.3) is 0 Å². The van der Waals surface area contributed by atoms with Crippen molar-refractivity contribution in [2.75, 3.05) is 12.1 Å². The predicted molar refractivity (Wildman–Crippen MR) is 112 cm³/mol. The second-order valence-electron chi connectivity index (χ2n) is 6.36. The third-order valence-electron chi connectivity index (χ3n) is 4.56. The van der Waals surface area contributed by atoms with Crippen LogP contribution in [-0.4, -0.2) is 19.4 Å². The number of benzene rings is 2. The Labute approximate surface area is 178 Å². The van der Waals surface area contributed by atoms with Gasteiger partial charge >= 0.3 is 6.61 Å². The van der Waals surface area contributed by atoms with Gasteiger partial charge in [-0.05, 0) is 48.6 Å². The zero-order valence-corrected chi connectivity index (χ0v) is 17.2. The second-order valence-corrected chi connectivity index (χ2v) is 6.36. The topological polar surface area (TPSA) is 78.1 Å². The summed E-state index contributed by atoms with van der Waals surface area (Å²) in [5, 5.41) is 3.04. The fraction of sp³-hybridized carbons (Fsp3) is 0.316. The van der Waals surface area contributed by atoms with Crippen LogP contribution in [0.3, 0.4) is 0 Å². The highest BCUT2D eigenvalue weighted by Gasteiger charge is 2.20. The number of halogens is 3. The molecule has 0 saturated carbocycles. The first-order chi connectivity index (χ1) is 13.1. The zero-order chi connectivity index (χ0) is 18.8. The molecule has 0 amide bonds. The van der Waals surface area contributed by atoms with E-state index < -0.39 is 6.61 Å². The predicted octanol–water partition coefficient (Wildman–Crippen LogP) is 4.05. The molecule has 2 aromatic carbocycles. The minimum atomic E-state index is -2.95. The van der Waals surface area contributed by atoms with Gasteiger partial charge in [-0.2, -0.15) is 8.78 Å². The second kappa shape index (κ2) is 8.80. The highest BCUT2D eigenvalue weighted by Crippen LogP contribution is 2.39. The lowest BCUT2D eigenvalue weighted by Crippen LogP contribution is -2.22. The average molecular weight is 503 g/mol. The summed E-state index contributed by atoms with van der Waals surface area (Å²) >= 11 is 0. The molecule has 2 aromatic rings. The maximum absolute atomic E-state index is 12.7. The Hall–Kier alpha value is -2.30. The zero-order valence-electron chi connectivity index (χ0n) is 14.9. The Morgan fingerprint density at radius 3 is 2.68 bits per heavy atom. The van der Waals surface area contributed by atoms with Crippen LogP contribution < -0.4 is 25.3 Å². The summed E-state index contributed by atoms with van der Waals surface area (Å²) in [6.07, 6.45) is 3.34. The molecule has 0 spiro atoms. The molecular formula is C19H20F2IN3O3. The van der Waals surface area contributed by atoms with Gasteiger partial charge in [0.05, 0.1) is 6.54 Å². The van der Waals surface area contributed by atoms with E-state index in [0.29, 0.717) is 17.1 Å². The summed E-state index contributed by atoms with van der Waals surface area (Å²) < 4.78 is 40.4. The average Bonchev–Trinajstić information content (AvgIpc) is 3.27. The first-order valence-corrected chi connectivity index (χ1v) is 8.64. The molecular weight excluding hydrogens is 483 g/mol. The number of hydrogen-bond donors (Lipinski definition) is 2. The largest absolute Gasteiger partial charge is 0.454 e. The molecule has 1 aliphatic heterocycles. The smallest absolute Gasteiger partial charge is 0.387 e. The molecule has 0 aromatic heterocycles. The normalized spacial score (nSPS) is 14.6. The van der Waals surface area contributed by atoms with Gasteiger partial charge in [0.2, 0.25) is 6.79 Å². The number of guanidine groups is 1. The van der Waals surface area contributed by atoms with Crippen molar-refractivity contribution in [2.45, 2.75) is 32.4 Å². The van der Waals surface area contributed by atoms with Gasteiger partial charge < -0.3 is 25.3 Å². The third-order valence-corrected chi connectivity index (χ3v) is 4.56. The van der Waals surface area contributed by atoms with Gasteiger partial charge in [-0.15, -0.1) is 24.0 Å². The van der Waals surface area contributed by atoms with Gasteiger partial charge in [0, 0.05) is 17.3 Å². The summed E-state index contributed by atoms with van der Waals surface area (Å²) in [5.41, 5.74) is 9.92. The van der Waals surface area contributed by atoms with E-state index in [2.05, 4.69) is 27.2 Å². The number of nitrogens with zero attached hydrogens (tertiary/aromatic N) is 1. The number of ether oxygens (including phenoxy) is 3. The van der Waals surface area contributed by atoms with Crippen molar-refractivity contribution in [3.05, 3.63) is 47.0 Å². The fourth-order valence-electron chi connectivity index (χ4n) is 3.30. The number of hydrogen-bond acceptors (Lipinski definition) is 4. The van der Waals surface area contributed by atoms with Gasteiger partial charge in [0.1, 0.15) is 5.75 Å². The highest BCUT2D eigenvalue weighted by atomic mass is 127. The third kappa shape index (κ3) is 4.57. The molecule has 0 radical (unpaired) electrons. The molecule has 3 N–H and O–H groups in total. The number of anilines is 1. The van der Waals surface area contributed by atoms with Crippen LogP contribution in [0.5, 0.6) is 17.2 Å². The SMILES string of the molecule is I.NC(=NCc1cc2c(cc1OC(F)F)OCO2)Nc1ccc2c(c1)CCC2. The van der Waals surface area contributed by atoms with Gasteiger partial charge in [-0.25, -0.2) is 4.99 Å². The van der Waals surface area contributed by atoms with Crippen LogP contribution in [0.15, 0.2) is 35.3 Å². The Morgan fingerprint density at radius 2 is 1.89 bits per heavy atom. The molecule has 9 heteroatoms. The molecule has 0 unspecified atom stereocenters. The Bertz CT molecular complexity index is 893. The lowest BCUT2D eigenvalue weighted by molar-refractivity contribution is -0.0505. The van der Waals surface area contributed by atoms with E-state index in [9.17, 15) is 8.78 Å². The van der Waals surface area contributed by atoms with Gasteiger partial charge in [0.25, 0.3) is 0 Å². The minimum absolute atomic E-state index is 0. The van der Waals surface area contributed by atoms with Crippen LogP contribution in [0.4, 0.5) is 14.5 Å². The van der Waals surface area contributed by atoms with E-state index in [1.54, 1.807) is 6.07 Å². The maximum atomic E-state index is 12.7. The van der Waals surface area contributed by atoms with Crippen LogP contribution in [0.1, 0.15) is 23.1 Å². The molecule has 0 fully saturated rings. The lowest BCUT2D eigenvalue weighted by atomic mass is 10.1. The molecule has 0 saturated heterocycles. The van der Waals surface area contributed by atoms with E-state index in [1.807, 2.05) is 6.07 Å². The molecule has 150 valence electrons. The standard InChI is InChI=1S/C19H19F2N3O3.HI/c20-18(21)27-15-8-17-16(25-10-26-17)7-13(15)9-23-19(22)24-14-5-4-11-2-1-3-12(11)6-14;/h4-8,18H,1-3,9-10H2,(H3,22,23,24);1H. The number of fused-ring (bicyclic) bond motifs is 2. The fourth-order valence-corrected chi connectivity index (χ4v) is 3.30. The Morgan fingerprint density at radius 1 is 1.14 bits per heavy atom. The van der Waals surface area contributed by atoms with Gasteiger partial charge in [0.15, 0.2) is 17.5 Å². The van der Waals surface area contributed by atoms with Crippen molar-refractivity contribution in [2.24, 2.45) is 10.7 Å². The molecule has 6 nitrogen and oxygen atoms in total. The maximum Gasteiger partial charge on any atom is 0.387 e. The Kier molecular flexibility index (Phi) is 6.42. The summed E-state index contributed by atoms with van der Waals surface area (Å²) in [6, 6.07) is 9.06. The summed E-state index contributed by atoms with van der Waals surface area (Å²) in [7, 11) is 0. The molecule has 0 bridgehead atoms. The van der Waals surface area contributed by atoms with E-state index in [0.717, 1.165) is 18.5 Å². The van der Waals surface area contributed by atoms with Gasteiger partial charge in [-0.3, -0.25) is 0 Å². The van der Waals surface area contributed by atoms with E-state index in [4.69, 9.17) is 15.2 Å². The number of rotatable bonds is 5. The van der Waals surface area contributed by atoms with E-state index in [-0.39, 0.29) is 49.0 Å². The number of nitrogens with one attached hydrogen (secondary N) is 1.